The van der Waals surface area contributed by atoms with Gasteiger partial charge in [-0.2, -0.15) is 0 Å². The van der Waals surface area contributed by atoms with Gasteiger partial charge in [-0.3, -0.25) is 9.69 Å². The first-order valence-electron chi connectivity index (χ1n) is 6.91. The van der Waals surface area contributed by atoms with E-state index in [9.17, 15) is 13.6 Å². The number of nitrogens with one attached hydrogen (secondary N) is 1. The third-order valence-corrected chi connectivity index (χ3v) is 3.58. The van der Waals surface area contributed by atoms with Crippen LogP contribution in [0.15, 0.2) is 36.5 Å². The molecule has 2 aromatic rings. The first-order chi connectivity index (χ1) is 10.4. The van der Waals surface area contributed by atoms with Crippen molar-refractivity contribution < 1.29 is 13.6 Å². The van der Waals surface area contributed by atoms with E-state index in [4.69, 9.17) is 0 Å². The molecule has 0 saturated heterocycles. The Balaban J connectivity index is 2.10. The lowest BCUT2D eigenvalue weighted by Gasteiger charge is -2.25. The second-order valence-electron chi connectivity index (χ2n) is 5.36. The van der Waals surface area contributed by atoms with Crippen molar-refractivity contribution in [2.24, 2.45) is 7.05 Å². The van der Waals surface area contributed by atoms with Crippen molar-refractivity contribution in [2.75, 3.05) is 20.6 Å². The van der Waals surface area contributed by atoms with Crippen LogP contribution in [0.1, 0.15) is 22.1 Å². The maximum atomic E-state index is 13.6. The lowest BCUT2D eigenvalue weighted by Crippen LogP contribution is -2.35. The average Bonchev–Trinajstić information content (AvgIpc) is 2.84. The molecule has 4 nitrogen and oxygen atoms in total. The molecule has 1 aromatic carbocycles. The molecule has 0 spiro atoms. The molecule has 118 valence electrons. The number of aryl methyl sites for hydroxylation is 1. The fourth-order valence-corrected chi connectivity index (χ4v) is 2.33. The molecule has 0 aliphatic heterocycles. The molecule has 1 atom stereocenters. The summed E-state index contributed by atoms with van der Waals surface area (Å²) < 4.78 is 28.5. The standard InChI is InChI=1S/C16H19F2N3O/c1-20(2)15(14-5-4-8-21(14)3)10-19-16(22)12-7-6-11(17)9-13(12)18/h4-9,15H,10H2,1-3H3,(H,19,22). The van der Waals surface area contributed by atoms with Gasteiger partial charge in [0.25, 0.3) is 5.91 Å². The monoisotopic (exact) mass is 307 g/mol. The minimum Gasteiger partial charge on any atom is -0.353 e. The van der Waals surface area contributed by atoms with Gasteiger partial charge < -0.3 is 9.88 Å². The lowest BCUT2D eigenvalue weighted by atomic mass is 10.1. The summed E-state index contributed by atoms with van der Waals surface area (Å²) in [5.41, 5.74) is 0.871. The maximum Gasteiger partial charge on any atom is 0.254 e. The average molecular weight is 307 g/mol. The van der Waals surface area contributed by atoms with Gasteiger partial charge >= 0.3 is 0 Å². The Hall–Kier alpha value is -2.21. The van der Waals surface area contributed by atoms with E-state index < -0.39 is 17.5 Å². The Labute approximate surface area is 128 Å². The molecule has 1 N–H and O–H groups in total. The van der Waals surface area contributed by atoms with E-state index in [0.717, 1.165) is 17.8 Å². The van der Waals surface area contributed by atoms with E-state index in [1.807, 2.05) is 48.9 Å². The molecule has 0 saturated carbocycles. The zero-order valence-corrected chi connectivity index (χ0v) is 12.8. The molecular weight excluding hydrogens is 288 g/mol. The van der Waals surface area contributed by atoms with Crippen molar-refractivity contribution in [1.29, 1.82) is 0 Å². The SMILES string of the molecule is CN(C)C(CNC(=O)c1ccc(F)cc1F)c1cccn1C. The summed E-state index contributed by atoms with van der Waals surface area (Å²) in [6.07, 6.45) is 1.92. The van der Waals surface area contributed by atoms with Crippen LogP contribution in [0.25, 0.3) is 0 Å². The molecule has 1 amide bonds. The summed E-state index contributed by atoms with van der Waals surface area (Å²) in [4.78, 5) is 14.0. The highest BCUT2D eigenvalue weighted by Crippen LogP contribution is 2.17. The number of nitrogens with zero attached hydrogens (tertiary/aromatic N) is 2. The second kappa shape index (κ2) is 6.70. The number of carbonyl (C=O) groups is 1. The van der Waals surface area contributed by atoms with Crippen LogP contribution in [-0.4, -0.2) is 36.0 Å². The molecule has 0 radical (unpaired) electrons. The van der Waals surface area contributed by atoms with Gasteiger partial charge in [-0.15, -0.1) is 0 Å². The highest BCUT2D eigenvalue weighted by molar-refractivity contribution is 5.94. The smallest absolute Gasteiger partial charge is 0.254 e. The topological polar surface area (TPSA) is 37.3 Å². The minimum absolute atomic E-state index is 0.0486. The summed E-state index contributed by atoms with van der Waals surface area (Å²) in [5, 5.41) is 2.70. The van der Waals surface area contributed by atoms with E-state index in [1.54, 1.807) is 0 Å². The zero-order chi connectivity index (χ0) is 16.3. The Kier molecular flexibility index (Phi) is 4.92. The number of hydrogen-bond donors (Lipinski definition) is 1. The van der Waals surface area contributed by atoms with Crippen molar-refractivity contribution in [3.63, 3.8) is 0 Å². The predicted octanol–water partition coefficient (Wildman–Crippen LogP) is 2.34. The van der Waals surface area contributed by atoms with Gasteiger partial charge in [0.2, 0.25) is 0 Å². The number of halogens is 2. The molecule has 1 heterocycles. The van der Waals surface area contributed by atoms with Crippen LogP contribution in [0.4, 0.5) is 8.78 Å². The minimum atomic E-state index is -0.863. The summed E-state index contributed by atoms with van der Waals surface area (Å²) in [6, 6.07) is 6.76. The molecule has 22 heavy (non-hydrogen) atoms. The van der Waals surface area contributed by atoms with Crippen LogP contribution in [0.5, 0.6) is 0 Å². The first-order valence-corrected chi connectivity index (χ1v) is 6.91. The van der Waals surface area contributed by atoms with E-state index in [2.05, 4.69) is 5.32 Å². The number of amides is 1. The molecule has 6 heteroatoms. The van der Waals surface area contributed by atoms with Crippen LogP contribution in [-0.2, 0) is 7.05 Å². The second-order valence-corrected chi connectivity index (χ2v) is 5.36. The first kappa shape index (κ1) is 16.2. The number of benzene rings is 1. The summed E-state index contributed by atoms with van der Waals surface area (Å²) in [5.74, 6) is -2.12. The summed E-state index contributed by atoms with van der Waals surface area (Å²) in [7, 11) is 5.73. The Morgan fingerprint density at radius 2 is 2.05 bits per heavy atom. The third kappa shape index (κ3) is 3.51. The van der Waals surface area contributed by atoms with Gasteiger partial charge in [-0.05, 0) is 38.4 Å². The van der Waals surface area contributed by atoms with Gasteiger partial charge in [0.05, 0.1) is 11.6 Å². The van der Waals surface area contributed by atoms with Crippen LogP contribution in [0, 0.1) is 11.6 Å². The quantitative estimate of drug-likeness (QED) is 0.920. The van der Waals surface area contributed by atoms with Gasteiger partial charge in [0.1, 0.15) is 11.6 Å². The van der Waals surface area contributed by atoms with Crippen LogP contribution >= 0.6 is 0 Å². The van der Waals surface area contributed by atoms with Crippen molar-refractivity contribution in [2.45, 2.75) is 6.04 Å². The highest BCUT2D eigenvalue weighted by Gasteiger charge is 2.19. The Bertz CT molecular complexity index is 667. The van der Waals surface area contributed by atoms with Crippen LogP contribution in [0.3, 0.4) is 0 Å². The Morgan fingerprint density at radius 1 is 1.32 bits per heavy atom. The molecule has 0 aliphatic carbocycles. The molecule has 0 bridgehead atoms. The zero-order valence-electron chi connectivity index (χ0n) is 12.8. The van der Waals surface area contributed by atoms with E-state index in [0.29, 0.717) is 12.6 Å². The fraction of sp³-hybridized carbons (Fsp3) is 0.312. The van der Waals surface area contributed by atoms with Crippen molar-refractivity contribution >= 4 is 5.91 Å². The maximum absolute atomic E-state index is 13.6. The van der Waals surface area contributed by atoms with Crippen LogP contribution in [0.2, 0.25) is 0 Å². The largest absolute Gasteiger partial charge is 0.353 e. The summed E-state index contributed by atoms with van der Waals surface area (Å²) in [6.45, 7) is 0.320. The molecular formula is C16H19F2N3O. The summed E-state index contributed by atoms with van der Waals surface area (Å²) >= 11 is 0. The Morgan fingerprint density at radius 3 is 2.59 bits per heavy atom. The highest BCUT2D eigenvalue weighted by atomic mass is 19.1. The number of rotatable bonds is 5. The van der Waals surface area contributed by atoms with E-state index in [1.165, 1.54) is 0 Å². The molecule has 0 fully saturated rings. The van der Waals surface area contributed by atoms with Gasteiger partial charge in [0, 0.05) is 31.5 Å². The normalized spacial score (nSPS) is 12.5. The van der Waals surface area contributed by atoms with Crippen LogP contribution < -0.4 is 5.32 Å². The number of aromatic nitrogens is 1. The predicted molar refractivity (Wildman–Crippen MR) is 80.5 cm³/mol. The van der Waals surface area contributed by atoms with Crippen molar-refractivity contribution in [1.82, 2.24) is 14.8 Å². The van der Waals surface area contributed by atoms with Gasteiger partial charge in [0.15, 0.2) is 0 Å². The van der Waals surface area contributed by atoms with Gasteiger partial charge in [-0.25, -0.2) is 8.78 Å². The fourth-order valence-electron chi connectivity index (χ4n) is 2.33. The lowest BCUT2D eigenvalue weighted by molar-refractivity contribution is 0.0937. The molecule has 0 aliphatic rings. The van der Waals surface area contributed by atoms with Gasteiger partial charge in [-0.1, -0.05) is 0 Å². The number of carbonyl (C=O) groups excluding carboxylic acids is 1. The third-order valence-electron chi connectivity index (χ3n) is 3.58. The number of hydrogen-bond acceptors (Lipinski definition) is 2. The van der Waals surface area contributed by atoms with Crippen molar-refractivity contribution in [3.05, 3.63) is 59.4 Å². The van der Waals surface area contributed by atoms with Crippen molar-refractivity contribution in [3.8, 4) is 0 Å². The molecule has 2 rings (SSSR count). The molecule has 1 unspecified atom stereocenters. The van der Waals surface area contributed by atoms with E-state index in [-0.39, 0.29) is 11.6 Å². The van der Waals surface area contributed by atoms with E-state index >= 15 is 0 Å². The number of likely N-dealkylation sites (N-methyl/N-ethyl adjacent to an activating group) is 1. The molecule has 1 aromatic heterocycles.